The van der Waals surface area contributed by atoms with Crippen molar-refractivity contribution in [1.29, 1.82) is 0 Å². The lowest BCUT2D eigenvalue weighted by molar-refractivity contribution is 0.102. The van der Waals surface area contributed by atoms with Crippen molar-refractivity contribution in [3.05, 3.63) is 66.5 Å². The average Bonchev–Trinajstić information content (AvgIpc) is 2.99. The Morgan fingerprint density at radius 3 is 2.60 bits per heavy atom. The number of carbonyl (C=O) groups is 1. The van der Waals surface area contributed by atoms with Crippen LogP contribution in [-0.2, 0) is 0 Å². The van der Waals surface area contributed by atoms with Crippen molar-refractivity contribution >= 4 is 11.7 Å². The van der Waals surface area contributed by atoms with E-state index in [4.69, 9.17) is 0 Å². The topological polar surface area (TPSA) is 70.7 Å². The third-order valence-electron chi connectivity index (χ3n) is 2.85. The molecule has 0 aliphatic rings. The quantitative estimate of drug-likeness (QED) is 0.764. The predicted octanol–water partition coefficient (Wildman–Crippen LogP) is 2.72. The van der Waals surface area contributed by atoms with Crippen molar-refractivity contribution in [3.63, 3.8) is 0 Å². The summed E-state index contributed by atoms with van der Waals surface area (Å²) in [5, 5.41) is 9.56. The van der Waals surface area contributed by atoms with E-state index in [1.165, 1.54) is 6.20 Å². The molecule has 20 heavy (non-hydrogen) atoms. The molecule has 2 aromatic heterocycles. The molecular weight excluding hydrogens is 252 g/mol. The third-order valence-corrected chi connectivity index (χ3v) is 2.85. The molecule has 1 amide bonds. The van der Waals surface area contributed by atoms with E-state index >= 15 is 0 Å². The van der Waals surface area contributed by atoms with E-state index in [9.17, 15) is 4.79 Å². The van der Waals surface area contributed by atoms with Crippen molar-refractivity contribution in [3.8, 4) is 11.3 Å². The van der Waals surface area contributed by atoms with Crippen molar-refractivity contribution in [2.75, 3.05) is 5.32 Å². The molecule has 2 N–H and O–H groups in total. The average molecular weight is 264 g/mol. The lowest BCUT2D eigenvalue weighted by Gasteiger charge is -2.04. The van der Waals surface area contributed by atoms with Crippen LogP contribution in [-0.4, -0.2) is 21.1 Å². The molecule has 0 saturated heterocycles. The SMILES string of the molecule is O=C(Nc1ccccn1)c1cn[nH]c1-c1ccccc1. The Labute approximate surface area is 115 Å². The Kier molecular flexibility index (Phi) is 3.24. The number of benzene rings is 1. The van der Waals surface area contributed by atoms with E-state index in [1.54, 1.807) is 18.3 Å². The number of nitrogens with zero attached hydrogens (tertiary/aromatic N) is 2. The Bertz CT molecular complexity index is 707. The van der Waals surface area contributed by atoms with Gasteiger partial charge in [0.05, 0.1) is 17.5 Å². The molecule has 0 spiro atoms. The van der Waals surface area contributed by atoms with E-state index in [2.05, 4.69) is 20.5 Å². The fourth-order valence-electron chi connectivity index (χ4n) is 1.90. The van der Waals surface area contributed by atoms with Gasteiger partial charge in [-0.05, 0) is 12.1 Å². The maximum Gasteiger partial charge on any atom is 0.260 e. The lowest BCUT2D eigenvalue weighted by Crippen LogP contribution is -2.13. The fraction of sp³-hybridized carbons (Fsp3) is 0. The van der Waals surface area contributed by atoms with Gasteiger partial charge in [0.15, 0.2) is 0 Å². The Hall–Kier alpha value is -2.95. The van der Waals surface area contributed by atoms with Gasteiger partial charge in [0.25, 0.3) is 5.91 Å². The molecule has 2 heterocycles. The van der Waals surface area contributed by atoms with Gasteiger partial charge in [0, 0.05) is 11.8 Å². The summed E-state index contributed by atoms with van der Waals surface area (Å²) >= 11 is 0. The summed E-state index contributed by atoms with van der Waals surface area (Å²) in [6, 6.07) is 14.9. The van der Waals surface area contributed by atoms with Gasteiger partial charge in [0.2, 0.25) is 0 Å². The molecule has 0 saturated carbocycles. The molecule has 5 heteroatoms. The maximum absolute atomic E-state index is 12.3. The molecule has 5 nitrogen and oxygen atoms in total. The molecule has 98 valence electrons. The molecule has 1 aromatic carbocycles. The van der Waals surface area contributed by atoms with Crippen molar-refractivity contribution in [2.24, 2.45) is 0 Å². The molecule has 0 fully saturated rings. The minimum Gasteiger partial charge on any atom is -0.306 e. The number of hydrogen-bond donors (Lipinski definition) is 2. The van der Waals surface area contributed by atoms with E-state index in [1.807, 2.05) is 36.4 Å². The number of amides is 1. The molecule has 0 aliphatic carbocycles. The van der Waals surface area contributed by atoms with Gasteiger partial charge in [-0.2, -0.15) is 5.10 Å². The minimum absolute atomic E-state index is 0.240. The van der Waals surface area contributed by atoms with Crippen LogP contribution in [0.3, 0.4) is 0 Å². The number of pyridine rings is 1. The number of aromatic nitrogens is 3. The first-order valence-electron chi connectivity index (χ1n) is 6.16. The van der Waals surface area contributed by atoms with E-state index in [-0.39, 0.29) is 5.91 Å². The van der Waals surface area contributed by atoms with Crippen LogP contribution in [0.4, 0.5) is 5.82 Å². The van der Waals surface area contributed by atoms with Crippen molar-refractivity contribution < 1.29 is 4.79 Å². The number of aromatic amines is 1. The Morgan fingerprint density at radius 2 is 1.85 bits per heavy atom. The molecule has 3 rings (SSSR count). The summed E-state index contributed by atoms with van der Waals surface area (Å²) in [5.41, 5.74) is 2.09. The van der Waals surface area contributed by atoms with Crippen LogP contribution >= 0.6 is 0 Å². The second-order valence-electron chi connectivity index (χ2n) is 4.19. The number of hydrogen-bond acceptors (Lipinski definition) is 3. The van der Waals surface area contributed by atoms with Gasteiger partial charge in [-0.3, -0.25) is 9.89 Å². The largest absolute Gasteiger partial charge is 0.306 e. The van der Waals surface area contributed by atoms with Gasteiger partial charge in [-0.25, -0.2) is 4.98 Å². The molecule has 0 atom stereocenters. The zero-order valence-corrected chi connectivity index (χ0v) is 10.6. The van der Waals surface area contributed by atoms with Crippen LogP contribution in [0.25, 0.3) is 11.3 Å². The Morgan fingerprint density at radius 1 is 1.05 bits per heavy atom. The van der Waals surface area contributed by atoms with Gasteiger partial charge < -0.3 is 5.32 Å². The smallest absolute Gasteiger partial charge is 0.260 e. The summed E-state index contributed by atoms with van der Waals surface area (Å²) in [5.74, 6) is 0.272. The van der Waals surface area contributed by atoms with Crippen LogP contribution in [0, 0.1) is 0 Å². The zero-order chi connectivity index (χ0) is 13.8. The van der Waals surface area contributed by atoms with E-state index in [0.29, 0.717) is 17.1 Å². The van der Waals surface area contributed by atoms with Crippen LogP contribution < -0.4 is 5.32 Å². The Balaban J connectivity index is 1.88. The molecule has 3 aromatic rings. The first kappa shape index (κ1) is 12.1. The molecule has 0 aliphatic heterocycles. The van der Waals surface area contributed by atoms with Gasteiger partial charge >= 0.3 is 0 Å². The highest BCUT2D eigenvalue weighted by Gasteiger charge is 2.15. The van der Waals surface area contributed by atoms with Crippen molar-refractivity contribution in [1.82, 2.24) is 15.2 Å². The number of H-pyrrole nitrogens is 1. The standard InChI is InChI=1S/C15H12N4O/c20-15(18-13-8-4-5-9-16-13)12-10-17-19-14(12)11-6-2-1-3-7-11/h1-10H,(H,17,19)(H,16,18,20). The zero-order valence-electron chi connectivity index (χ0n) is 10.6. The van der Waals surface area contributed by atoms with Crippen LogP contribution in [0.2, 0.25) is 0 Å². The third kappa shape index (κ3) is 2.42. The first-order valence-corrected chi connectivity index (χ1v) is 6.16. The number of anilines is 1. The summed E-state index contributed by atoms with van der Waals surface area (Å²) in [6.45, 7) is 0. The highest BCUT2D eigenvalue weighted by Crippen LogP contribution is 2.21. The van der Waals surface area contributed by atoms with E-state index < -0.39 is 0 Å². The minimum atomic E-state index is -0.240. The van der Waals surface area contributed by atoms with Crippen LogP contribution in [0.5, 0.6) is 0 Å². The summed E-state index contributed by atoms with van der Waals surface area (Å²) in [7, 11) is 0. The fourth-order valence-corrected chi connectivity index (χ4v) is 1.90. The highest BCUT2D eigenvalue weighted by atomic mass is 16.1. The van der Waals surface area contributed by atoms with Gasteiger partial charge in [-0.1, -0.05) is 36.4 Å². The first-order chi connectivity index (χ1) is 9.84. The second kappa shape index (κ2) is 5.36. The van der Waals surface area contributed by atoms with Crippen LogP contribution in [0.1, 0.15) is 10.4 Å². The molecule has 0 bridgehead atoms. The van der Waals surface area contributed by atoms with Crippen molar-refractivity contribution in [2.45, 2.75) is 0 Å². The maximum atomic E-state index is 12.3. The van der Waals surface area contributed by atoms with Gasteiger partial charge in [0.1, 0.15) is 5.82 Å². The summed E-state index contributed by atoms with van der Waals surface area (Å²) < 4.78 is 0. The van der Waals surface area contributed by atoms with Crippen LogP contribution in [0.15, 0.2) is 60.9 Å². The monoisotopic (exact) mass is 264 g/mol. The number of carbonyl (C=O) groups excluding carboxylic acids is 1. The summed E-state index contributed by atoms with van der Waals surface area (Å²) in [6.07, 6.45) is 3.14. The predicted molar refractivity (Wildman–Crippen MR) is 76.2 cm³/mol. The highest BCUT2D eigenvalue weighted by molar-refractivity contribution is 6.07. The molecule has 0 unspecified atom stereocenters. The lowest BCUT2D eigenvalue weighted by atomic mass is 10.1. The normalized spacial score (nSPS) is 10.2. The number of rotatable bonds is 3. The molecule has 0 radical (unpaired) electrons. The second-order valence-corrected chi connectivity index (χ2v) is 4.19. The van der Waals surface area contributed by atoms with Gasteiger partial charge in [-0.15, -0.1) is 0 Å². The number of nitrogens with one attached hydrogen (secondary N) is 2. The van der Waals surface area contributed by atoms with E-state index in [0.717, 1.165) is 5.56 Å². The molecular formula is C15H12N4O. The summed E-state index contributed by atoms with van der Waals surface area (Å²) in [4.78, 5) is 16.3.